The molecular weight excluding hydrogens is 844 g/mol. The van der Waals surface area contributed by atoms with Crippen LogP contribution < -0.4 is 17.0 Å². The molecule has 1 aliphatic rings. The van der Waals surface area contributed by atoms with Gasteiger partial charge >= 0.3 is 0 Å². The third-order valence-corrected chi connectivity index (χ3v) is 15.0. The number of nitrogens with zero attached hydrogens (tertiary/aromatic N) is 2. The monoisotopic (exact) mass is 908 g/mol. The second kappa shape index (κ2) is 18.2. The molecule has 3 heteroatoms. The molecule has 0 spiro atoms. The zero-order chi connectivity index (χ0) is 46.8. The zero-order valence-electron chi connectivity index (χ0n) is 41.5. The molecule has 342 valence electrons. The van der Waals surface area contributed by atoms with Gasteiger partial charge in [0, 0.05) is 62.4 Å². The lowest BCUT2D eigenvalue weighted by Gasteiger charge is -2.28. The van der Waals surface area contributed by atoms with Gasteiger partial charge in [0.2, 0.25) is 0 Å². The van der Waals surface area contributed by atoms with E-state index in [9.17, 15) is 0 Å². The highest BCUT2D eigenvalue weighted by Gasteiger charge is 2.41. The highest BCUT2D eigenvalue weighted by Crippen LogP contribution is 2.51. The predicted octanol–water partition coefficient (Wildman–Crippen LogP) is 13.8. The van der Waals surface area contributed by atoms with E-state index in [0.29, 0.717) is 0 Å². The van der Waals surface area contributed by atoms with Gasteiger partial charge in [-0.2, -0.15) is 9.13 Å². The lowest BCUT2D eigenvalue weighted by Crippen LogP contribution is -3.00. The Morgan fingerprint density at radius 3 is 1.15 bits per heavy atom. The fourth-order valence-electron chi connectivity index (χ4n) is 10.8. The smallest absolute Gasteiger partial charge is 0.255 e. The van der Waals surface area contributed by atoms with Crippen molar-refractivity contribution < 1.29 is 17.0 Å². The maximum Gasteiger partial charge on any atom is 0.255 e. The van der Waals surface area contributed by atoms with E-state index in [1.165, 1.54) is 100 Å². The summed E-state index contributed by atoms with van der Waals surface area (Å²) in [5.74, 6) is 0.443. The topological polar surface area (TPSA) is 8.81 Å². The van der Waals surface area contributed by atoms with Crippen LogP contribution in [0.4, 0.5) is 0 Å². The van der Waals surface area contributed by atoms with Crippen LogP contribution in [-0.2, 0) is 10.8 Å². The zero-order valence-corrected chi connectivity index (χ0v) is 42.2. The number of imidazole rings is 1. The molecule has 0 amide bonds. The Labute approximate surface area is 411 Å². The Bertz CT molecular complexity index is 2900. The van der Waals surface area contributed by atoms with E-state index in [-0.39, 0.29) is 46.9 Å². The SMILES string of the molecule is CC(c1ccccc1)c1cc(C(C)(C)C)cc(C(C)c2ccccc2)c1-n1c[n+](-c2c(C(C)c3ccccc3)cc(C(C)(C)C)cc2C(C)c2ccccc2)c2c1-c1cccc3cccc-2c13.[Cl-]. The molecule has 0 saturated heterocycles. The van der Waals surface area contributed by atoms with Crippen molar-refractivity contribution in [2.45, 2.75) is 104 Å². The molecule has 0 fully saturated rings. The molecule has 10 rings (SSSR count). The van der Waals surface area contributed by atoms with Gasteiger partial charge in [-0.1, -0.05) is 239 Å². The van der Waals surface area contributed by atoms with Crippen LogP contribution in [0.2, 0.25) is 0 Å². The van der Waals surface area contributed by atoms with E-state index >= 15 is 0 Å². The average molecular weight is 910 g/mol. The fraction of sp³-hybridized carbons (Fsp3) is 0.246. The Kier molecular flexibility index (Phi) is 12.5. The molecule has 4 unspecified atom stereocenters. The minimum absolute atomic E-state index is 0. The first kappa shape index (κ1) is 46.6. The van der Waals surface area contributed by atoms with E-state index in [1.807, 2.05) is 0 Å². The fourth-order valence-corrected chi connectivity index (χ4v) is 10.8. The highest BCUT2D eigenvalue weighted by atomic mass is 35.5. The maximum absolute atomic E-state index is 2.63. The lowest BCUT2D eigenvalue weighted by molar-refractivity contribution is -0.584. The summed E-state index contributed by atoms with van der Waals surface area (Å²) in [4.78, 5) is 0. The van der Waals surface area contributed by atoms with Gasteiger partial charge in [-0.3, -0.25) is 0 Å². The number of benzene rings is 8. The van der Waals surface area contributed by atoms with Crippen molar-refractivity contribution in [1.29, 1.82) is 0 Å². The first-order valence-corrected chi connectivity index (χ1v) is 24.5. The summed E-state index contributed by atoms with van der Waals surface area (Å²) in [7, 11) is 0. The van der Waals surface area contributed by atoms with Gasteiger partial charge < -0.3 is 12.4 Å². The van der Waals surface area contributed by atoms with Crippen LogP contribution >= 0.6 is 0 Å². The predicted molar refractivity (Wildman–Crippen MR) is 282 cm³/mol. The van der Waals surface area contributed by atoms with Crippen molar-refractivity contribution in [2.75, 3.05) is 0 Å². The molecule has 9 aromatic rings. The summed E-state index contributed by atoms with van der Waals surface area (Å²) < 4.78 is 5.26. The molecule has 1 aromatic heterocycles. The molecular formula is C65H65ClN2. The number of halogens is 1. The molecule has 8 aromatic carbocycles. The molecule has 1 aliphatic carbocycles. The van der Waals surface area contributed by atoms with E-state index in [1.54, 1.807) is 0 Å². The number of hydrogen-bond acceptors (Lipinski definition) is 0. The number of fused-ring (bicyclic) bond motifs is 3. The van der Waals surface area contributed by atoms with Gasteiger partial charge in [-0.05, 0) is 61.7 Å². The second-order valence-corrected chi connectivity index (χ2v) is 21.3. The summed E-state index contributed by atoms with van der Waals surface area (Å²) in [5.41, 5.74) is 20.7. The number of aromatic nitrogens is 2. The van der Waals surface area contributed by atoms with E-state index < -0.39 is 0 Å². The largest absolute Gasteiger partial charge is 1.00 e. The van der Waals surface area contributed by atoms with E-state index in [0.717, 1.165) is 0 Å². The van der Waals surface area contributed by atoms with Gasteiger partial charge in [0.1, 0.15) is 11.4 Å². The highest BCUT2D eigenvalue weighted by molar-refractivity contribution is 6.13. The second-order valence-electron chi connectivity index (χ2n) is 21.3. The molecule has 0 bridgehead atoms. The average Bonchev–Trinajstić information content (AvgIpc) is 3.90. The summed E-state index contributed by atoms with van der Waals surface area (Å²) in [6.07, 6.45) is 2.49. The molecule has 0 saturated carbocycles. The van der Waals surface area contributed by atoms with Crippen LogP contribution in [0.3, 0.4) is 0 Å². The molecule has 1 heterocycles. The van der Waals surface area contributed by atoms with Gasteiger partial charge in [0.25, 0.3) is 6.33 Å². The van der Waals surface area contributed by atoms with Crippen LogP contribution in [-0.4, -0.2) is 4.57 Å². The summed E-state index contributed by atoms with van der Waals surface area (Å²) >= 11 is 0. The number of rotatable bonds is 10. The molecule has 0 aliphatic heterocycles. The Hall–Kier alpha value is -6.48. The molecule has 0 radical (unpaired) electrons. The van der Waals surface area contributed by atoms with Crippen molar-refractivity contribution in [2.24, 2.45) is 0 Å². The van der Waals surface area contributed by atoms with Crippen molar-refractivity contribution in [3.05, 3.63) is 244 Å². The first-order valence-electron chi connectivity index (χ1n) is 24.5. The van der Waals surface area contributed by atoms with Crippen LogP contribution in [0, 0.1) is 0 Å². The Morgan fingerprint density at radius 2 is 0.765 bits per heavy atom. The third kappa shape index (κ3) is 8.21. The summed E-state index contributed by atoms with van der Waals surface area (Å²) in [5, 5.41) is 2.59. The van der Waals surface area contributed by atoms with Crippen molar-refractivity contribution in [3.63, 3.8) is 0 Å². The number of hydrogen-bond donors (Lipinski definition) is 0. The lowest BCUT2D eigenvalue weighted by atomic mass is 9.78. The van der Waals surface area contributed by atoms with Crippen molar-refractivity contribution in [1.82, 2.24) is 4.57 Å². The Morgan fingerprint density at radius 1 is 0.412 bits per heavy atom. The first-order chi connectivity index (χ1) is 32.2. The molecule has 2 nitrogen and oxygen atoms in total. The minimum Gasteiger partial charge on any atom is -1.00 e. The summed E-state index contributed by atoms with van der Waals surface area (Å²) in [6, 6.07) is 68.5. The Balaban J connectivity index is 0.00000578. The van der Waals surface area contributed by atoms with Gasteiger partial charge in [-0.15, -0.1) is 0 Å². The van der Waals surface area contributed by atoms with Crippen LogP contribution in [0.15, 0.2) is 188 Å². The van der Waals surface area contributed by atoms with Gasteiger partial charge in [0.15, 0.2) is 11.4 Å². The third-order valence-electron chi connectivity index (χ3n) is 15.0. The molecule has 68 heavy (non-hydrogen) atoms. The normalized spacial score (nSPS) is 14.0. The molecule has 0 N–H and O–H groups in total. The van der Waals surface area contributed by atoms with Crippen LogP contribution in [0.1, 0.15) is 149 Å². The van der Waals surface area contributed by atoms with Gasteiger partial charge in [-0.25, -0.2) is 0 Å². The van der Waals surface area contributed by atoms with Crippen molar-refractivity contribution in [3.8, 4) is 33.9 Å². The molecule has 4 atom stereocenters. The van der Waals surface area contributed by atoms with Crippen molar-refractivity contribution >= 4 is 10.8 Å². The minimum atomic E-state index is -0.0744. The van der Waals surface area contributed by atoms with E-state index in [4.69, 9.17) is 0 Å². The van der Waals surface area contributed by atoms with Crippen LogP contribution in [0.25, 0.3) is 44.7 Å². The van der Waals surface area contributed by atoms with E-state index in [2.05, 4.69) is 267 Å². The van der Waals surface area contributed by atoms with Gasteiger partial charge in [0.05, 0.1) is 0 Å². The maximum atomic E-state index is 2.63. The quantitative estimate of drug-likeness (QED) is 0.121. The standard InChI is InChI=1S/C65H65N2.ClH/c1-42(46-25-15-11-16-26-46)55-37-51(64(5,6)7)38-56(43(2)47-27-17-12-18-28-47)60(55)66-41-67(63-54-36-24-34-50-33-23-35-53(59(50)54)62(63)66)61-57(44(3)48-29-19-13-20-30-48)39-52(65(8,9)10)40-58(61)45(4)49-31-21-14-22-32-49;/h11-45H,1-10H3;1H/q+1;/p-1. The van der Waals surface area contributed by atoms with Crippen LogP contribution in [0.5, 0.6) is 0 Å². The summed E-state index contributed by atoms with van der Waals surface area (Å²) in [6.45, 7) is 23.8.